The summed E-state index contributed by atoms with van der Waals surface area (Å²) in [6.45, 7) is 2.14. The molecule has 2 heterocycles. The van der Waals surface area contributed by atoms with Crippen LogP contribution in [0.5, 0.6) is 0 Å². The van der Waals surface area contributed by atoms with Gasteiger partial charge in [0.1, 0.15) is 12.4 Å². The highest BCUT2D eigenvalue weighted by atomic mass is 16.5. The third-order valence-electron chi connectivity index (χ3n) is 5.45. The number of nitriles is 1. The van der Waals surface area contributed by atoms with Gasteiger partial charge in [0, 0.05) is 22.8 Å². The van der Waals surface area contributed by atoms with Crippen LogP contribution in [0.3, 0.4) is 0 Å². The number of quaternary nitrogens is 1. The molecule has 2 aliphatic heterocycles. The largest absolute Gasteiger partial charge is 0.633 e. The lowest BCUT2D eigenvalue weighted by Gasteiger charge is -2.48. The molecule has 28 heavy (non-hydrogen) atoms. The van der Waals surface area contributed by atoms with E-state index in [1.807, 2.05) is 48.5 Å². The number of piperazine rings is 1. The third kappa shape index (κ3) is 3.32. The summed E-state index contributed by atoms with van der Waals surface area (Å²) in [7, 11) is 0. The average molecular weight is 374 g/mol. The topological polar surface area (TPSA) is 82.7 Å². The van der Waals surface area contributed by atoms with Crippen molar-refractivity contribution in [3.05, 3.63) is 76.5 Å². The van der Waals surface area contributed by atoms with Crippen molar-refractivity contribution in [1.29, 1.82) is 5.26 Å². The number of aliphatic imine (C=N–C) groups is 1. The molecule has 6 heteroatoms. The molecule has 0 aliphatic carbocycles. The standard InChI is InChI=1S/C22H22N4O2/c23-10-9-18-17-5-1-2-7-20(17)22(24-21-8-4-3-6-19(18)21)25-11-13-26(28,14-12-25)15-16-27/h1-9,27H,11-16H2/b18-9+. The van der Waals surface area contributed by atoms with Crippen molar-refractivity contribution >= 4 is 17.1 Å². The van der Waals surface area contributed by atoms with Gasteiger partial charge < -0.3 is 19.9 Å². The van der Waals surface area contributed by atoms with Crippen LogP contribution in [0.25, 0.3) is 5.57 Å². The summed E-state index contributed by atoms with van der Waals surface area (Å²) in [6.07, 6.45) is 1.58. The van der Waals surface area contributed by atoms with Crippen molar-refractivity contribution in [3.63, 3.8) is 0 Å². The first-order valence-corrected chi connectivity index (χ1v) is 9.46. The third-order valence-corrected chi connectivity index (χ3v) is 5.45. The number of benzene rings is 2. The predicted octanol–water partition coefficient (Wildman–Crippen LogP) is 2.66. The van der Waals surface area contributed by atoms with E-state index in [1.165, 1.54) is 0 Å². The van der Waals surface area contributed by atoms with Gasteiger partial charge in [-0.15, -0.1) is 0 Å². The Hall–Kier alpha value is -2.98. The molecule has 2 aliphatic rings. The monoisotopic (exact) mass is 374 g/mol. The van der Waals surface area contributed by atoms with E-state index in [1.54, 1.807) is 6.08 Å². The van der Waals surface area contributed by atoms with Crippen LogP contribution in [0.4, 0.5) is 5.69 Å². The summed E-state index contributed by atoms with van der Waals surface area (Å²) in [6, 6.07) is 18.0. The Morgan fingerprint density at radius 3 is 2.39 bits per heavy atom. The van der Waals surface area contributed by atoms with Crippen LogP contribution in [0.15, 0.2) is 59.6 Å². The zero-order valence-corrected chi connectivity index (χ0v) is 15.6. The van der Waals surface area contributed by atoms with Gasteiger partial charge in [-0.25, -0.2) is 4.99 Å². The highest BCUT2D eigenvalue weighted by molar-refractivity contribution is 6.08. The molecular weight excluding hydrogens is 352 g/mol. The van der Waals surface area contributed by atoms with Crippen LogP contribution in [-0.4, -0.2) is 59.8 Å². The molecule has 1 saturated heterocycles. The van der Waals surface area contributed by atoms with Crippen LogP contribution in [-0.2, 0) is 0 Å². The molecule has 142 valence electrons. The first kappa shape index (κ1) is 18.4. The molecule has 2 aromatic carbocycles. The van der Waals surface area contributed by atoms with Gasteiger partial charge in [-0.2, -0.15) is 5.26 Å². The van der Waals surface area contributed by atoms with E-state index in [-0.39, 0.29) is 17.8 Å². The van der Waals surface area contributed by atoms with Crippen LogP contribution in [0, 0.1) is 16.5 Å². The van der Waals surface area contributed by atoms with Gasteiger partial charge in [0.2, 0.25) is 0 Å². The van der Waals surface area contributed by atoms with E-state index in [4.69, 9.17) is 10.1 Å². The van der Waals surface area contributed by atoms with Crippen molar-refractivity contribution in [1.82, 2.24) is 4.90 Å². The van der Waals surface area contributed by atoms with Gasteiger partial charge in [0.15, 0.2) is 0 Å². The second-order valence-corrected chi connectivity index (χ2v) is 7.12. The zero-order chi connectivity index (χ0) is 19.6. The summed E-state index contributed by atoms with van der Waals surface area (Å²) in [5.41, 5.74) is 4.54. The Kier molecular flexibility index (Phi) is 4.97. The van der Waals surface area contributed by atoms with E-state index in [0.29, 0.717) is 26.2 Å². The van der Waals surface area contributed by atoms with Crippen molar-refractivity contribution in [3.8, 4) is 6.07 Å². The average Bonchev–Trinajstić information content (AvgIpc) is 2.85. The SMILES string of the molecule is N#C/C=C1/c2ccccc2N=C(N2CC[N+]([O-])(CCO)CC2)c2ccccc21. The number of hydrogen-bond acceptors (Lipinski definition) is 5. The minimum absolute atomic E-state index is 0.0943. The summed E-state index contributed by atoms with van der Waals surface area (Å²) < 4.78 is -0.363. The Bertz CT molecular complexity index is 982. The molecule has 6 nitrogen and oxygen atoms in total. The number of allylic oxidation sites excluding steroid dienone is 1. The van der Waals surface area contributed by atoms with Crippen LogP contribution >= 0.6 is 0 Å². The van der Waals surface area contributed by atoms with Crippen molar-refractivity contribution in [2.24, 2.45) is 4.99 Å². The molecular formula is C22H22N4O2. The van der Waals surface area contributed by atoms with Gasteiger partial charge >= 0.3 is 0 Å². The van der Waals surface area contributed by atoms with E-state index < -0.39 is 0 Å². The molecule has 0 spiro atoms. The van der Waals surface area contributed by atoms with Gasteiger partial charge in [-0.3, -0.25) is 0 Å². The molecule has 0 atom stereocenters. The molecule has 1 N–H and O–H groups in total. The lowest BCUT2D eigenvalue weighted by molar-refractivity contribution is -0.884. The number of hydroxylamine groups is 3. The van der Waals surface area contributed by atoms with Gasteiger partial charge in [-0.05, 0) is 11.6 Å². The van der Waals surface area contributed by atoms with Crippen LogP contribution in [0.2, 0.25) is 0 Å². The number of hydrogen-bond donors (Lipinski definition) is 1. The molecule has 4 rings (SSSR count). The molecule has 0 radical (unpaired) electrons. The fraction of sp³-hybridized carbons (Fsp3) is 0.273. The number of aliphatic hydroxyl groups is 1. The molecule has 0 unspecified atom stereocenters. The summed E-state index contributed by atoms with van der Waals surface area (Å²) >= 11 is 0. The zero-order valence-electron chi connectivity index (χ0n) is 15.6. The van der Waals surface area contributed by atoms with Crippen molar-refractivity contribution in [2.45, 2.75) is 0 Å². The highest BCUT2D eigenvalue weighted by Crippen LogP contribution is 2.37. The lowest BCUT2D eigenvalue weighted by atomic mass is 9.93. The Labute approximate surface area is 164 Å². The first-order valence-electron chi connectivity index (χ1n) is 9.46. The number of fused-ring (bicyclic) bond motifs is 2. The number of nitrogens with zero attached hydrogens (tertiary/aromatic N) is 4. The smallest absolute Gasteiger partial charge is 0.137 e. The fourth-order valence-electron chi connectivity index (χ4n) is 3.94. The van der Waals surface area contributed by atoms with E-state index >= 15 is 0 Å². The first-order chi connectivity index (χ1) is 13.6. The fourth-order valence-corrected chi connectivity index (χ4v) is 3.94. The molecule has 0 aromatic heterocycles. The Morgan fingerprint density at radius 2 is 1.71 bits per heavy atom. The predicted molar refractivity (Wildman–Crippen MR) is 109 cm³/mol. The summed E-state index contributed by atoms with van der Waals surface area (Å²) in [4.78, 5) is 7.11. The molecule has 1 fully saturated rings. The van der Waals surface area contributed by atoms with Gasteiger partial charge in [0.25, 0.3) is 0 Å². The van der Waals surface area contributed by atoms with Gasteiger partial charge in [-0.1, -0.05) is 42.5 Å². The van der Waals surface area contributed by atoms with Crippen molar-refractivity contribution in [2.75, 3.05) is 39.3 Å². The van der Waals surface area contributed by atoms with E-state index in [0.717, 1.165) is 33.8 Å². The highest BCUT2D eigenvalue weighted by Gasteiger charge is 2.30. The Morgan fingerprint density at radius 1 is 1.07 bits per heavy atom. The number of para-hydroxylation sites is 1. The normalized spacial score (nSPS) is 19.2. The quantitative estimate of drug-likeness (QED) is 0.498. The van der Waals surface area contributed by atoms with Gasteiger partial charge in [0.05, 0.1) is 44.5 Å². The summed E-state index contributed by atoms with van der Waals surface area (Å²) in [5, 5.41) is 31.2. The second-order valence-electron chi connectivity index (χ2n) is 7.12. The summed E-state index contributed by atoms with van der Waals surface area (Å²) in [5.74, 6) is 0.833. The van der Waals surface area contributed by atoms with Crippen LogP contribution in [0.1, 0.15) is 16.7 Å². The minimum atomic E-state index is -0.363. The minimum Gasteiger partial charge on any atom is -0.633 e. The maximum atomic E-state index is 12.7. The van der Waals surface area contributed by atoms with E-state index in [9.17, 15) is 10.5 Å². The molecule has 0 saturated carbocycles. The maximum absolute atomic E-state index is 12.7. The van der Waals surface area contributed by atoms with Crippen LogP contribution < -0.4 is 0 Å². The maximum Gasteiger partial charge on any atom is 0.137 e. The molecule has 2 aromatic rings. The Balaban J connectivity index is 1.80. The number of aliphatic hydroxyl groups excluding tert-OH is 1. The second kappa shape index (κ2) is 7.56. The number of rotatable bonds is 2. The van der Waals surface area contributed by atoms with Crippen molar-refractivity contribution < 1.29 is 9.75 Å². The number of amidine groups is 1. The lowest BCUT2D eigenvalue weighted by Crippen LogP contribution is -2.58. The van der Waals surface area contributed by atoms with E-state index in [2.05, 4.69) is 11.0 Å². The molecule has 0 bridgehead atoms. The molecule has 0 amide bonds.